The lowest BCUT2D eigenvalue weighted by atomic mass is 9.92. The fourth-order valence-electron chi connectivity index (χ4n) is 3.46. The van der Waals surface area contributed by atoms with Crippen LogP contribution in [0.2, 0.25) is 0 Å². The van der Waals surface area contributed by atoms with Gasteiger partial charge in [-0.2, -0.15) is 5.10 Å². The van der Waals surface area contributed by atoms with Gasteiger partial charge in [0.15, 0.2) is 5.13 Å². The number of aryl methyl sites for hydroxylation is 1. The Morgan fingerprint density at radius 3 is 2.78 bits per heavy atom. The van der Waals surface area contributed by atoms with Crippen molar-refractivity contribution in [2.75, 3.05) is 25.0 Å². The van der Waals surface area contributed by atoms with Crippen LogP contribution in [-0.2, 0) is 12.0 Å². The van der Waals surface area contributed by atoms with Crippen LogP contribution in [0, 0.1) is 6.92 Å². The van der Waals surface area contributed by atoms with Crippen molar-refractivity contribution in [3.63, 3.8) is 0 Å². The van der Waals surface area contributed by atoms with E-state index in [1.54, 1.807) is 22.1 Å². The third-order valence-electron chi connectivity index (χ3n) is 5.09. The minimum atomic E-state index is -0.0567. The van der Waals surface area contributed by atoms with Gasteiger partial charge >= 0.3 is 0 Å². The summed E-state index contributed by atoms with van der Waals surface area (Å²) in [7, 11) is 0. The van der Waals surface area contributed by atoms with Crippen molar-refractivity contribution >= 4 is 16.5 Å². The zero-order valence-electron chi connectivity index (χ0n) is 16.9. The molecule has 1 unspecified atom stereocenters. The van der Waals surface area contributed by atoms with E-state index in [0.717, 1.165) is 36.2 Å². The molecule has 1 atom stereocenters. The Labute approximate surface area is 165 Å². The normalized spacial score (nSPS) is 18.6. The number of nitrogens with zero attached hydrogens (tertiary/aromatic N) is 4. The molecule has 0 aromatic carbocycles. The molecule has 27 heavy (non-hydrogen) atoms. The molecular weight excluding hydrogens is 358 g/mol. The van der Waals surface area contributed by atoms with E-state index in [1.807, 2.05) is 13.0 Å². The molecule has 7 heteroatoms. The van der Waals surface area contributed by atoms with E-state index >= 15 is 0 Å². The highest BCUT2D eigenvalue weighted by Gasteiger charge is 2.23. The van der Waals surface area contributed by atoms with E-state index in [-0.39, 0.29) is 11.0 Å². The van der Waals surface area contributed by atoms with Crippen molar-refractivity contribution in [1.29, 1.82) is 0 Å². The van der Waals surface area contributed by atoms with Gasteiger partial charge in [-0.1, -0.05) is 27.2 Å². The highest BCUT2D eigenvalue weighted by Crippen LogP contribution is 2.20. The van der Waals surface area contributed by atoms with Gasteiger partial charge in [-0.05, 0) is 32.4 Å². The predicted octanol–water partition coefficient (Wildman–Crippen LogP) is 3.27. The summed E-state index contributed by atoms with van der Waals surface area (Å²) < 4.78 is 1.63. The molecule has 3 heterocycles. The van der Waals surface area contributed by atoms with Crippen LogP contribution < -0.4 is 10.9 Å². The smallest absolute Gasteiger partial charge is 0.266 e. The average molecular weight is 390 g/mol. The monoisotopic (exact) mass is 389 g/mol. The SMILES string of the molecule is Cc1csc(NCC2CCCCN2CCn2nc(C(C)(C)C)ccc2=O)n1. The number of aromatic nitrogens is 3. The van der Waals surface area contributed by atoms with Crippen LogP contribution in [0.5, 0.6) is 0 Å². The van der Waals surface area contributed by atoms with Gasteiger partial charge in [-0.25, -0.2) is 9.67 Å². The third kappa shape index (κ3) is 5.39. The number of hydrogen-bond acceptors (Lipinski definition) is 6. The van der Waals surface area contributed by atoms with Crippen LogP contribution in [-0.4, -0.2) is 45.3 Å². The molecule has 1 saturated heterocycles. The number of anilines is 1. The van der Waals surface area contributed by atoms with E-state index in [4.69, 9.17) is 0 Å². The second-order valence-corrected chi connectivity index (χ2v) is 9.25. The standard InChI is InChI=1S/C20H31N5OS/c1-15-14-27-19(22-15)21-13-16-7-5-6-10-24(16)11-12-25-18(26)9-8-17(23-25)20(2,3)4/h8-9,14,16H,5-7,10-13H2,1-4H3,(H,21,22). The quantitative estimate of drug-likeness (QED) is 0.821. The summed E-state index contributed by atoms with van der Waals surface area (Å²) in [5, 5.41) is 11.2. The second kappa shape index (κ2) is 8.52. The first-order valence-electron chi connectivity index (χ1n) is 9.81. The van der Waals surface area contributed by atoms with Gasteiger partial charge in [-0.15, -0.1) is 11.3 Å². The zero-order chi connectivity index (χ0) is 19.4. The van der Waals surface area contributed by atoms with Crippen LogP contribution in [0.15, 0.2) is 22.3 Å². The minimum Gasteiger partial charge on any atom is -0.360 e. The summed E-state index contributed by atoms with van der Waals surface area (Å²) in [6.07, 6.45) is 3.66. The van der Waals surface area contributed by atoms with Crippen molar-refractivity contribution in [1.82, 2.24) is 19.7 Å². The molecule has 0 spiro atoms. The molecule has 148 valence electrons. The fraction of sp³-hybridized carbons (Fsp3) is 0.650. The number of likely N-dealkylation sites (tertiary alicyclic amines) is 1. The summed E-state index contributed by atoms with van der Waals surface area (Å²) in [4.78, 5) is 19.2. The van der Waals surface area contributed by atoms with Crippen molar-refractivity contribution in [3.8, 4) is 0 Å². The Balaban J connectivity index is 1.62. The topological polar surface area (TPSA) is 63.1 Å². The highest BCUT2D eigenvalue weighted by molar-refractivity contribution is 7.13. The van der Waals surface area contributed by atoms with Crippen LogP contribution >= 0.6 is 11.3 Å². The Hall–Kier alpha value is -1.73. The van der Waals surface area contributed by atoms with Crippen molar-refractivity contribution in [2.45, 2.75) is 65.0 Å². The molecule has 2 aromatic rings. The molecule has 1 fully saturated rings. The maximum absolute atomic E-state index is 12.2. The van der Waals surface area contributed by atoms with Crippen molar-refractivity contribution in [2.24, 2.45) is 0 Å². The Morgan fingerprint density at radius 1 is 1.26 bits per heavy atom. The van der Waals surface area contributed by atoms with Crippen molar-refractivity contribution < 1.29 is 0 Å². The van der Waals surface area contributed by atoms with Gasteiger partial charge in [-0.3, -0.25) is 9.69 Å². The van der Waals surface area contributed by atoms with Gasteiger partial charge in [0.25, 0.3) is 5.56 Å². The van der Waals surface area contributed by atoms with E-state index < -0.39 is 0 Å². The van der Waals surface area contributed by atoms with Crippen LogP contribution in [0.3, 0.4) is 0 Å². The molecule has 6 nitrogen and oxygen atoms in total. The number of rotatable bonds is 6. The molecule has 1 aliphatic rings. The lowest BCUT2D eigenvalue weighted by Crippen LogP contribution is -2.45. The minimum absolute atomic E-state index is 0.0204. The first-order valence-corrected chi connectivity index (χ1v) is 10.7. The van der Waals surface area contributed by atoms with Gasteiger partial charge in [0.2, 0.25) is 0 Å². The summed E-state index contributed by atoms with van der Waals surface area (Å²) in [5.74, 6) is 0. The number of thiazole rings is 1. The molecular formula is C20H31N5OS. The predicted molar refractivity (Wildman–Crippen MR) is 112 cm³/mol. The van der Waals surface area contributed by atoms with Crippen LogP contribution in [0.4, 0.5) is 5.13 Å². The summed E-state index contributed by atoms with van der Waals surface area (Å²) in [5.41, 5.74) is 1.94. The van der Waals surface area contributed by atoms with E-state index in [1.165, 1.54) is 19.3 Å². The van der Waals surface area contributed by atoms with Crippen LogP contribution in [0.25, 0.3) is 0 Å². The summed E-state index contributed by atoms with van der Waals surface area (Å²) in [6, 6.07) is 3.97. The summed E-state index contributed by atoms with van der Waals surface area (Å²) in [6.45, 7) is 11.9. The van der Waals surface area contributed by atoms with Crippen LogP contribution in [0.1, 0.15) is 51.4 Å². The lowest BCUT2D eigenvalue weighted by Gasteiger charge is -2.35. The van der Waals surface area contributed by atoms with Gasteiger partial charge in [0.05, 0.1) is 17.9 Å². The van der Waals surface area contributed by atoms with E-state index in [9.17, 15) is 4.79 Å². The highest BCUT2D eigenvalue weighted by atomic mass is 32.1. The molecule has 0 aliphatic carbocycles. The first kappa shape index (κ1) is 20.0. The third-order valence-corrected chi connectivity index (χ3v) is 6.01. The number of hydrogen-bond donors (Lipinski definition) is 1. The largest absolute Gasteiger partial charge is 0.360 e. The van der Waals surface area contributed by atoms with E-state index in [0.29, 0.717) is 12.6 Å². The van der Waals surface area contributed by atoms with Gasteiger partial charge < -0.3 is 5.32 Å². The Morgan fingerprint density at radius 2 is 2.07 bits per heavy atom. The molecule has 3 rings (SSSR count). The molecule has 0 radical (unpaired) electrons. The maximum atomic E-state index is 12.2. The molecule has 2 aromatic heterocycles. The molecule has 0 amide bonds. The second-order valence-electron chi connectivity index (χ2n) is 8.39. The lowest BCUT2D eigenvalue weighted by molar-refractivity contribution is 0.147. The fourth-order valence-corrected chi connectivity index (χ4v) is 4.16. The zero-order valence-corrected chi connectivity index (χ0v) is 17.7. The number of nitrogens with one attached hydrogen (secondary N) is 1. The Kier molecular flexibility index (Phi) is 6.32. The average Bonchev–Trinajstić information content (AvgIpc) is 3.04. The van der Waals surface area contributed by atoms with Gasteiger partial charge in [0, 0.05) is 36.0 Å². The maximum Gasteiger partial charge on any atom is 0.266 e. The molecule has 0 saturated carbocycles. The summed E-state index contributed by atoms with van der Waals surface area (Å²) >= 11 is 1.66. The molecule has 0 bridgehead atoms. The molecule has 1 aliphatic heterocycles. The van der Waals surface area contributed by atoms with Gasteiger partial charge in [0.1, 0.15) is 0 Å². The molecule has 1 N–H and O–H groups in total. The number of piperidine rings is 1. The van der Waals surface area contributed by atoms with Crippen molar-refractivity contribution in [3.05, 3.63) is 39.3 Å². The first-order chi connectivity index (χ1) is 12.8. The Bertz CT molecular complexity index is 807. The van der Waals surface area contributed by atoms with E-state index in [2.05, 4.69) is 46.5 Å².